The van der Waals surface area contributed by atoms with Crippen LogP contribution in [0.4, 0.5) is 5.69 Å². The van der Waals surface area contributed by atoms with Gasteiger partial charge in [-0.2, -0.15) is 0 Å². The molecule has 0 radical (unpaired) electrons. The number of hydrogen-bond donors (Lipinski definition) is 3. The number of carbonyl (C=O) groups excluding carboxylic acids is 4. The van der Waals surface area contributed by atoms with Crippen molar-refractivity contribution in [1.82, 2.24) is 10.2 Å². The van der Waals surface area contributed by atoms with Crippen LogP contribution in [0.25, 0.3) is 0 Å². The molecular weight excluding hydrogens is 460 g/mol. The van der Waals surface area contributed by atoms with E-state index < -0.39 is 47.0 Å². The van der Waals surface area contributed by atoms with E-state index in [0.717, 1.165) is 5.56 Å². The number of benzene rings is 2. The van der Waals surface area contributed by atoms with Crippen molar-refractivity contribution in [2.75, 3.05) is 12.4 Å². The van der Waals surface area contributed by atoms with Crippen molar-refractivity contribution in [1.29, 1.82) is 0 Å². The summed E-state index contributed by atoms with van der Waals surface area (Å²) in [6.07, 6.45) is -0.187. The standard InChI is InChI=1S/C24H23ClN4O5/c1-11-15(25)8-7-14-20(11)27-23(33)24(14)19-18(16(28-24)9-17(26)30)21(31)29(22(19)32)10-12-3-5-13(34-2)6-4-12/h3-8,16,18-19,28H,9-10H2,1-2H3,(H2,26,30)(H,27,33)/t16-,18-,19+,24-/m1/s1. The Morgan fingerprint density at radius 3 is 2.50 bits per heavy atom. The predicted octanol–water partition coefficient (Wildman–Crippen LogP) is 1.45. The van der Waals surface area contributed by atoms with Gasteiger partial charge in [-0.3, -0.25) is 29.4 Å². The van der Waals surface area contributed by atoms with Crippen LogP contribution in [0.1, 0.15) is 23.1 Å². The monoisotopic (exact) mass is 482 g/mol. The molecule has 4 atom stereocenters. The summed E-state index contributed by atoms with van der Waals surface area (Å²) in [6.45, 7) is 1.81. The van der Waals surface area contributed by atoms with Crippen LogP contribution in [0.3, 0.4) is 0 Å². The number of nitrogens with one attached hydrogen (secondary N) is 2. The molecule has 176 valence electrons. The molecule has 3 aliphatic heterocycles. The molecule has 1 spiro atoms. The molecule has 9 nitrogen and oxygen atoms in total. The number of likely N-dealkylation sites (tertiary alicyclic amines) is 1. The minimum Gasteiger partial charge on any atom is -0.497 e. The van der Waals surface area contributed by atoms with Gasteiger partial charge in [0.15, 0.2) is 0 Å². The molecule has 5 rings (SSSR count). The number of nitrogens with zero attached hydrogens (tertiary/aromatic N) is 1. The van der Waals surface area contributed by atoms with Crippen molar-refractivity contribution in [3.8, 4) is 5.75 Å². The van der Waals surface area contributed by atoms with Gasteiger partial charge in [0.2, 0.25) is 23.6 Å². The summed E-state index contributed by atoms with van der Waals surface area (Å²) in [4.78, 5) is 53.7. The van der Waals surface area contributed by atoms with E-state index in [9.17, 15) is 19.2 Å². The average molecular weight is 483 g/mol. The van der Waals surface area contributed by atoms with E-state index in [-0.39, 0.29) is 13.0 Å². The molecule has 0 saturated carbocycles. The number of halogens is 1. The zero-order chi connectivity index (χ0) is 24.4. The van der Waals surface area contributed by atoms with Crippen LogP contribution in [0.5, 0.6) is 5.75 Å². The van der Waals surface area contributed by atoms with Crippen LogP contribution in [0.2, 0.25) is 5.02 Å². The van der Waals surface area contributed by atoms with Crippen LogP contribution in [0.15, 0.2) is 36.4 Å². The largest absolute Gasteiger partial charge is 0.497 e. The fourth-order valence-electron chi connectivity index (χ4n) is 5.51. The Hall–Kier alpha value is -3.43. The quantitative estimate of drug-likeness (QED) is 0.553. The van der Waals surface area contributed by atoms with Gasteiger partial charge in [0.1, 0.15) is 11.3 Å². The van der Waals surface area contributed by atoms with Gasteiger partial charge in [0.25, 0.3) is 0 Å². The van der Waals surface area contributed by atoms with Crippen molar-refractivity contribution in [2.24, 2.45) is 17.6 Å². The first-order valence-corrected chi connectivity index (χ1v) is 11.2. The minimum atomic E-state index is -1.50. The van der Waals surface area contributed by atoms with Crippen LogP contribution < -0.4 is 21.1 Å². The van der Waals surface area contributed by atoms with Gasteiger partial charge in [-0.25, -0.2) is 0 Å². The summed E-state index contributed by atoms with van der Waals surface area (Å²) in [5, 5.41) is 6.48. The average Bonchev–Trinajstić information content (AvgIpc) is 3.37. The molecule has 2 saturated heterocycles. The topological polar surface area (TPSA) is 131 Å². The lowest BCUT2D eigenvalue weighted by Crippen LogP contribution is -2.53. The summed E-state index contributed by atoms with van der Waals surface area (Å²) >= 11 is 6.26. The first-order chi connectivity index (χ1) is 16.2. The van der Waals surface area contributed by atoms with Gasteiger partial charge >= 0.3 is 0 Å². The summed E-state index contributed by atoms with van der Waals surface area (Å²) in [5.74, 6) is -3.28. The molecule has 10 heteroatoms. The molecule has 4 N–H and O–H groups in total. The molecule has 4 amide bonds. The van der Waals surface area contributed by atoms with Crippen molar-refractivity contribution in [2.45, 2.75) is 31.5 Å². The van der Waals surface area contributed by atoms with Crippen LogP contribution in [-0.2, 0) is 31.3 Å². The summed E-state index contributed by atoms with van der Waals surface area (Å²) in [6, 6.07) is 9.60. The fourth-order valence-corrected chi connectivity index (χ4v) is 5.67. The first kappa shape index (κ1) is 22.4. The highest BCUT2D eigenvalue weighted by Gasteiger charge is 2.70. The Morgan fingerprint density at radius 1 is 1.15 bits per heavy atom. The Kier molecular flexibility index (Phi) is 5.14. The number of amides is 4. The SMILES string of the molecule is COc1ccc(CN2C(=O)[C@H]3[C@@H](C2=O)[C@@]2(N[C@@H]3CC(N)=O)C(=O)Nc3c2ccc(Cl)c3C)cc1. The predicted molar refractivity (Wildman–Crippen MR) is 123 cm³/mol. The lowest BCUT2D eigenvalue weighted by atomic mass is 9.76. The van der Waals surface area contributed by atoms with E-state index in [1.54, 1.807) is 50.4 Å². The molecule has 0 unspecified atom stereocenters. The van der Waals surface area contributed by atoms with Gasteiger partial charge in [-0.15, -0.1) is 0 Å². The smallest absolute Gasteiger partial charge is 0.250 e. The van der Waals surface area contributed by atoms with Crippen LogP contribution in [0, 0.1) is 18.8 Å². The van der Waals surface area contributed by atoms with Crippen molar-refractivity contribution in [3.63, 3.8) is 0 Å². The normalized spacial score (nSPS) is 27.2. The number of fused-ring (bicyclic) bond motifs is 4. The molecule has 0 bridgehead atoms. The highest BCUT2D eigenvalue weighted by Crippen LogP contribution is 2.54. The molecular formula is C24H23ClN4O5. The maximum Gasteiger partial charge on any atom is 0.250 e. The van der Waals surface area contributed by atoms with E-state index in [0.29, 0.717) is 27.6 Å². The van der Waals surface area contributed by atoms with Gasteiger partial charge in [-0.05, 0) is 36.2 Å². The van der Waals surface area contributed by atoms with Gasteiger partial charge in [0.05, 0.1) is 31.2 Å². The Balaban J connectivity index is 1.59. The summed E-state index contributed by atoms with van der Waals surface area (Å²) in [5.41, 5.74) is 6.40. The highest BCUT2D eigenvalue weighted by atomic mass is 35.5. The second-order valence-corrected chi connectivity index (χ2v) is 9.30. The number of nitrogens with two attached hydrogens (primary N) is 1. The molecule has 2 fully saturated rings. The van der Waals surface area contributed by atoms with E-state index in [2.05, 4.69) is 10.6 Å². The Morgan fingerprint density at radius 2 is 1.85 bits per heavy atom. The number of hydrogen-bond acceptors (Lipinski definition) is 6. The second kappa shape index (κ2) is 7.82. The number of rotatable bonds is 5. The number of methoxy groups -OCH3 is 1. The molecule has 2 aromatic rings. The third kappa shape index (κ3) is 3.04. The molecule has 3 aliphatic rings. The minimum absolute atomic E-state index is 0.0438. The lowest BCUT2D eigenvalue weighted by molar-refractivity contribution is -0.143. The van der Waals surface area contributed by atoms with Gasteiger partial charge < -0.3 is 15.8 Å². The van der Waals surface area contributed by atoms with Gasteiger partial charge in [0, 0.05) is 23.0 Å². The number of ether oxygens (including phenoxy) is 1. The zero-order valence-corrected chi connectivity index (χ0v) is 19.3. The van der Waals surface area contributed by atoms with E-state index in [1.165, 1.54) is 4.90 Å². The van der Waals surface area contributed by atoms with E-state index >= 15 is 0 Å². The molecule has 34 heavy (non-hydrogen) atoms. The fraction of sp³-hybridized carbons (Fsp3) is 0.333. The van der Waals surface area contributed by atoms with E-state index in [1.807, 2.05) is 0 Å². The number of anilines is 1. The van der Waals surface area contributed by atoms with Crippen LogP contribution in [-0.4, -0.2) is 41.7 Å². The molecule has 0 aliphatic carbocycles. The lowest BCUT2D eigenvalue weighted by Gasteiger charge is -2.29. The number of imide groups is 1. The van der Waals surface area contributed by atoms with Crippen molar-refractivity contribution < 1.29 is 23.9 Å². The number of carbonyl (C=O) groups is 4. The van der Waals surface area contributed by atoms with Gasteiger partial charge in [-0.1, -0.05) is 29.8 Å². The first-order valence-electron chi connectivity index (χ1n) is 10.8. The van der Waals surface area contributed by atoms with Crippen molar-refractivity contribution >= 4 is 40.9 Å². The molecule has 0 aromatic heterocycles. The Bertz CT molecular complexity index is 1250. The zero-order valence-electron chi connectivity index (χ0n) is 18.6. The van der Waals surface area contributed by atoms with E-state index in [4.69, 9.17) is 22.1 Å². The Labute approximate surface area is 200 Å². The maximum absolute atomic E-state index is 13.7. The summed E-state index contributed by atoms with van der Waals surface area (Å²) in [7, 11) is 1.55. The summed E-state index contributed by atoms with van der Waals surface area (Å²) < 4.78 is 5.17. The van der Waals surface area contributed by atoms with Crippen molar-refractivity contribution in [3.05, 3.63) is 58.1 Å². The van der Waals surface area contributed by atoms with Crippen LogP contribution >= 0.6 is 11.6 Å². The third-order valence-corrected chi connectivity index (χ3v) is 7.51. The third-order valence-electron chi connectivity index (χ3n) is 7.10. The highest BCUT2D eigenvalue weighted by molar-refractivity contribution is 6.32. The molecule has 3 heterocycles. The second-order valence-electron chi connectivity index (χ2n) is 8.89. The molecule has 2 aromatic carbocycles. The maximum atomic E-state index is 13.7. The number of primary amides is 1.